The molecule has 0 radical (unpaired) electrons. The molecule has 92 valence electrons. The highest BCUT2D eigenvalue weighted by atomic mass is 14.4. The van der Waals surface area contributed by atoms with Gasteiger partial charge in [-0.2, -0.15) is 0 Å². The SMILES string of the molecule is C/C=C/C1CCC(C)CC1C1CCCCC1. The van der Waals surface area contributed by atoms with Crippen molar-refractivity contribution < 1.29 is 0 Å². The summed E-state index contributed by atoms with van der Waals surface area (Å²) in [5.41, 5.74) is 0. The zero-order valence-corrected chi connectivity index (χ0v) is 11.1. The molecule has 16 heavy (non-hydrogen) atoms. The normalized spacial score (nSPS) is 38.0. The van der Waals surface area contributed by atoms with Crippen molar-refractivity contribution in [1.29, 1.82) is 0 Å². The Labute approximate surface area is 102 Å². The van der Waals surface area contributed by atoms with Gasteiger partial charge in [-0.15, -0.1) is 0 Å². The Kier molecular flexibility index (Phi) is 4.49. The van der Waals surface area contributed by atoms with Crippen LogP contribution in [0, 0.1) is 23.7 Å². The summed E-state index contributed by atoms with van der Waals surface area (Å²) < 4.78 is 0. The highest BCUT2D eigenvalue weighted by Gasteiger charge is 2.33. The van der Waals surface area contributed by atoms with E-state index in [1.807, 2.05) is 0 Å². The monoisotopic (exact) mass is 220 g/mol. The molecule has 0 aromatic carbocycles. The lowest BCUT2D eigenvalue weighted by Crippen LogP contribution is -2.30. The molecule has 2 aliphatic carbocycles. The molecule has 0 bridgehead atoms. The third-order valence-corrected chi connectivity index (χ3v) is 4.91. The molecule has 2 rings (SSSR count). The number of hydrogen-bond acceptors (Lipinski definition) is 0. The summed E-state index contributed by atoms with van der Waals surface area (Å²) in [5, 5.41) is 0. The first kappa shape index (κ1) is 12.2. The zero-order chi connectivity index (χ0) is 11.4. The van der Waals surface area contributed by atoms with Gasteiger partial charge in [-0.1, -0.05) is 57.6 Å². The van der Waals surface area contributed by atoms with Crippen molar-refractivity contribution in [3.8, 4) is 0 Å². The molecule has 3 atom stereocenters. The average molecular weight is 220 g/mol. The van der Waals surface area contributed by atoms with Gasteiger partial charge in [0.1, 0.15) is 0 Å². The predicted octanol–water partition coefficient (Wildman–Crippen LogP) is 5.20. The van der Waals surface area contributed by atoms with Crippen LogP contribution in [0.1, 0.15) is 65.2 Å². The number of hydrogen-bond donors (Lipinski definition) is 0. The van der Waals surface area contributed by atoms with Crippen LogP contribution in [0.4, 0.5) is 0 Å². The second kappa shape index (κ2) is 5.89. The van der Waals surface area contributed by atoms with E-state index in [1.165, 1.54) is 51.4 Å². The maximum absolute atomic E-state index is 2.51. The van der Waals surface area contributed by atoms with Crippen molar-refractivity contribution in [2.75, 3.05) is 0 Å². The molecule has 0 saturated heterocycles. The van der Waals surface area contributed by atoms with Crippen LogP contribution in [0.3, 0.4) is 0 Å². The van der Waals surface area contributed by atoms with Crippen LogP contribution in [0.25, 0.3) is 0 Å². The molecule has 0 heteroatoms. The fourth-order valence-electron chi connectivity index (χ4n) is 4.04. The Morgan fingerprint density at radius 3 is 2.38 bits per heavy atom. The van der Waals surface area contributed by atoms with Crippen LogP contribution >= 0.6 is 0 Å². The van der Waals surface area contributed by atoms with E-state index in [1.54, 1.807) is 0 Å². The van der Waals surface area contributed by atoms with Crippen molar-refractivity contribution >= 4 is 0 Å². The lowest BCUT2D eigenvalue weighted by atomic mass is 9.65. The molecular formula is C16H28. The molecule has 0 aliphatic heterocycles. The van der Waals surface area contributed by atoms with Crippen molar-refractivity contribution in [1.82, 2.24) is 0 Å². The Hall–Kier alpha value is -0.260. The second-order valence-electron chi connectivity index (χ2n) is 6.17. The van der Waals surface area contributed by atoms with Crippen molar-refractivity contribution in [3.63, 3.8) is 0 Å². The van der Waals surface area contributed by atoms with E-state index in [2.05, 4.69) is 26.0 Å². The van der Waals surface area contributed by atoms with Crippen molar-refractivity contribution in [2.45, 2.75) is 65.2 Å². The predicted molar refractivity (Wildman–Crippen MR) is 71.4 cm³/mol. The quantitative estimate of drug-likeness (QED) is 0.561. The van der Waals surface area contributed by atoms with Gasteiger partial charge in [-0.05, 0) is 43.4 Å². The minimum atomic E-state index is 0.907. The minimum Gasteiger partial charge on any atom is -0.0914 e. The fourth-order valence-corrected chi connectivity index (χ4v) is 4.04. The largest absolute Gasteiger partial charge is 0.0914 e. The third-order valence-electron chi connectivity index (χ3n) is 4.91. The molecule has 0 nitrogen and oxygen atoms in total. The van der Waals surface area contributed by atoms with Gasteiger partial charge in [0.2, 0.25) is 0 Å². The van der Waals surface area contributed by atoms with Crippen LogP contribution in [-0.4, -0.2) is 0 Å². The summed E-state index contributed by atoms with van der Waals surface area (Å²) in [4.78, 5) is 0. The van der Waals surface area contributed by atoms with Gasteiger partial charge in [0.25, 0.3) is 0 Å². The summed E-state index contributed by atoms with van der Waals surface area (Å²) in [5.74, 6) is 3.95. The lowest BCUT2D eigenvalue weighted by molar-refractivity contribution is 0.126. The highest BCUT2D eigenvalue weighted by molar-refractivity contribution is 4.95. The third kappa shape index (κ3) is 2.90. The molecule has 0 amide bonds. The molecule has 0 aromatic heterocycles. The van der Waals surface area contributed by atoms with Crippen LogP contribution in [0.5, 0.6) is 0 Å². The van der Waals surface area contributed by atoms with Crippen LogP contribution < -0.4 is 0 Å². The summed E-state index contributed by atoms with van der Waals surface area (Å²) in [6, 6.07) is 0. The van der Waals surface area contributed by atoms with Crippen molar-refractivity contribution in [3.05, 3.63) is 12.2 Å². The van der Waals surface area contributed by atoms with Gasteiger partial charge in [-0.3, -0.25) is 0 Å². The van der Waals surface area contributed by atoms with Gasteiger partial charge in [0, 0.05) is 0 Å². The maximum Gasteiger partial charge on any atom is -0.0202 e. The minimum absolute atomic E-state index is 0.907. The Bertz CT molecular complexity index is 222. The average Bonchev–Trinajstić information content (AvgIpc) is 2.33. The van der Waals surface area contributed by atoms with Gasteiger partial charge in [0.05, 0.1) is 0 Å². The first-order valence-corrected chi connectivity index (χ1v) is 7.44. The van der Waals surface area contributed by atoms with Crippen molar-refractivity contribution in [2.24, 2.45) is 23.7 Å². The maximum atomic E-state index is 2.51. The molecule has 0 spiro atoms. The smallest absolute Gasteiger partial charge is 0.0202 e. The molecule has 2 fully saturated rings. The molecule has 0 N–H and O–H groups in total. The summed E-state index contributed by atoms with van der Waals surface area (Å²) in [6.45, 7) is 4.65. The van der Waals surface area contributed by atoms with Gasteiger partial charge in [-0.25, -0.2) is 0 Å². The van der Waals surface area contributed by atoms with E-state index in [-0.39, 0.29) is 0 Å². The summed E-state index contributed by atoms with van der Waals surface area (Å²) in [6.07, 6.45) is 16.7. The Morgan fingerprint density at radius 1 is 0.938 bits per heavy atom. The van der Waals surface area contributed by atoms with Crippen LogP contribution in [0.2, 0.25) is 0 Å². The Balaban J connectivity index is 2.00. The highest BCUT2D eigenvalue weighted by Crippen LogP contribution is 2.43. The van der Waals surface area contributed by atoms with E-state index >= 15 is 0 Å². The van der Waals surface area contributed by atoms with Gasteiger partial charge in [0.15, 0.2) is 0 Å². The molecule has 0 aromatic rings. The molecule has 2 aliphatic rings. The number of allylic oxidation sites excluding steroid dienone is 2. The first-order valence-electron chi connectivity index (χ1n) is 7.44. The molecular weight excluding hydrogens is 192 g/mol. The van der Waals surface area contributed by atoms with Crippen LogP contribution in [0.15, 0.2) is 12.2 Å². The van der Waals surface area contributed by atoms with Crippen LogP contribution in [-0.2, 0) is 0 Å². The van der Waals surface area contributed by atoms with E-state index < -0.39 is 0 Å². The lowest BCUT2D eigenvalue weighted by Gasteiger charge is -2.40. The van der Waals surface area contributed by atoms with E-state index in [9.17, 15) is 0 Å². The summed E-state index contributed by atoms with van der Waals surface area (Å²) in [7, 11) is 0. The molecule has 2 saturated carbocycles. The second-order valence-corrected chi connectivity index (χ2v) is 6.17. The summed E-state index contributed by atoms with van der Waals surface area (Å²) >= 11 is 0. The first-order chi connectivity index (χ1) is 7.81. The number of rotatable bonds is 2. The fraction of sp³-hybridized carbons (Fsp3) is 0.875. The Morgan fingerprint density at radius 2 is 1.69 bits per heavy atom. The zero-order valence-electron chi connectivity index (χ0n) is 11.1. The van der Waals surface area contributed by atoms with Gasteiger partial charge >= 0.3 is 0 Å². The van der Waals surface area contributed by atoms with Gasteiger partial charge < -0.3 is 0 Å². The topological polar surface area (TPSA) is 0 Å². The van der Waals surface area contributed by atoms with E-state index in [0.29, 0.717) is 0 Å². The van der Waals surface area contributed by atoms with E-state index in [0.717, 1.165) is 23.7 Å². The molecule has 3 unspecified atom stereocenters. The standard InChI is InChI=1S/C16H28/c1-3-7-14-11-10-13(2)12-16(14)15-8-5-4-6-9-15/h3,7,13-16H,4-6,8-12H2,1-2H3/b7-3+. The van der Waals surface area contributed by atoms with E-state index in [4.69, 9.17) is 0 Å². The molecule has 0 heterocycles.